The maximum atomic E-state index is 11.5. The van der Waals surface area contributed by atoms with Crippen molar-refractivity contribution in [3.63, 3.8) is 0 Å². The Morgan fingerprint density at radius 1 is 1.54 bits per heavy atom. The van der Waals surface area contributed by atoms with Gasteiger partial charge in [-0.05, 0) is 32.2 Å². The smallest absolute Gasteiger partial charge is 0.223 e. The number of hydrogen-bond acceptors (Lipinski definition) is 2. The first-order chi connectivity index (χ1) is 6.15. The molecule has 0 radical (unpaired) electrons. The number of carbonyl (C=O) groups is 1. The zero-order chi connectivity index (χ0) is 9.84. The van der Waals surface area contributed by atoms with Crippen LogP contribution in [0.4, 0.5) is 0 Å². The van der Waals surface area contributed by atoms with E-state index in [0.717, 1.165) is 12.8 Å². The normalized spacial score (nSPS) is 21.8. The van der Waals surface area contributed by atoms with E-state index >= 15 is 0 Å². The van der Waals surface area contributed by atoms with Crippen molar-refractivity contribution in [3.05, 3.63) is 0 Å². The SMILES string of the molecule is CC(CN)C(C)NC(=O)C1CCC1. The molecule has 13 heavy (non-hydrogen) atoms. The van der Waals surface area contributed by atoms with Gasteiger partial charge < -0.3 is 11.1 Å². The van der Waals surface area contributed by atoms with E-state index in [2.05, 4.69) is 12.2 Å². The van der Waals surface area contributed by atoms with Gasteiger partial charge in [0.25, 0.3) is 0 Å². The van der Waals surface area contributed by atoms with Crippen LogP contribution in [0.25, 0.3) is 0 Å². The third-order valence-electron chi connectivity index (χ3n) is 3.07. The zero-order valence-electron chi connectivity index (χ0n) is 8.55. The first-order valence-corrected chi connectivity index (χ1v) is 5.15. The summed E-state index contributed by atoms with van der Waals surface area (Å²) in [7, 11) is 0. The molecule has 1 fully saturated rings. The maximum Gasteiger partial charge on any atom is 0.223 e. The predicted octanol–water partition coefficient (Wildman–Crippen LogP) is 0.886. The summed E-state index contributed by atoms with van der Waals surface area (Å²) in [6, 6.07) is 0.207. The van der Waals surface area contributed by atoms with E-state index in [1.165, 1.54) is 6.42 Å². The summed E-state index contributed by atoms with van der Waals surface area (Å²) in [6.07, 6.45) is 3.34. The second kappa shape index (κ2) is 4.61. The largest absolute Gasteiger partial charge is 0.353 e. The summed E-state index contributed by atoms with van der Waals surface area (Å²) in [5, 5.41) is 3.01. The fraction of sp³-hybridized carbons (Fsp3) is 0.900. The Kier molecular flexibility index (Phi) is 3.72. The Morgan fingerprint density at radius 2 is 2.15 bits per heavy atom. The summed E-state index contributed by atoms with van der Waals surface area (Å²) >= 11 is 0. The average Bonchev–Trinajstić information content (AvgIpc) is 1.99. The van der Waals surface area contributed by atoms with Gasteiger partial charge in [0.1, 0.15) is 0 Å². The third-order valence-corrected chi connectivity index (χ3v) is 3.07. The van der Waals surface area contributed by atoms with Crippen molar-refractivity contribution in [1.82, 2.24) is 5.32 Å². The standard InChI is InChI=1S/C10H20N2O/c1-7(6-11)8(2)12-10(13)9-4-3-5-9/h7-9H,3-6,11H2,1-2H3,(H,12,13). The van der Waals surface area contributed by atoms with Gasteiger partial charge in [-0.25, -0.2) is 0 Å². The molecule has 0 aromatic carbocycles. The van der Waals surface area contributed by atoms with Crippen LogP contribution >= 0.6 is 0 Å². The van der Waals surface area contributed by atoms with Crippen molar-refractivity contribution in [1.29, 1.82) is 0 Å². The number of rotatable bonds is 4. The van der Waals surface area contributed by atoms with Gasteiger partial charge in [-0.1, -0.05) is 13.3 Å². The minimum absolute atomic E-state index is 0.207. The van der Waals surface area contributed by atoms with Gasteiger partial charge in [0.15, 0.2) is 0 Å². The second-order valence-electron chi connectivity index (χ2n) is 4.14. The predicted molar refractivity (Wildman–Crippen MR) is 53.2 cm³/mol. The summed E-state index contributed by atoms with van der Waals surface area (Å²) in [5.41, 5.74) is 5.52. The molecule has 1 saturated carbocycles. The molecule has 1 aliphatic rings. The van der Waals surface area contributed by atoms with Crippen LogP contribution in [0.5, 0.6) is 0 Å². The molecule has 1 rings (SSSR count). The second-order valence-corrected chi connectivity index (χ2v) is 4.14. The van der Waals surface area contributed by atoms with Crippen LogP contribution in [0, 0.1) is 11.8 Å². The van der Waals surface area contributed by atoms with Crippen molar-refractivity contribution >= 4 is 5.91 Å². The molecule has 2 unspecified atom stereocenters. The molecule has 3 heteroatoms. The molecule has 0 aromatic heterocycles. The first kappa shape index (κ1) is 10.5. The lowest BCUT2D eigenvalue weighted by Crippen LogP contribution is -2.44. The molecule has 0 aromatic rings. The molecular formula is C10H20N2O. The van der Waals surface area contributed by atoms with E-state index in [1.54, 1.807) is 0 Å². The molecule has 1 amide bonds. The Balaban J connectivity index is 2.26. The van der Waals surface area contributed by atoms with Gasteiger partial charge in [0.05, 0.1) is 0 Å². The maximum absolute atomic E-state index is 11.5. The highest BCUT2D eigenvalue weighted by Crippen LogP contribution is 2.26. The molecule has 0 aliphatic heterocycles. The molecule has 3 N–H and O–H groups in total. The van der Waals surface area contributed by atoms with Crippen LogP contribution in [-0.4, -0.2) is 18.5 Å². The lowest BCUT2D eigenvalue weighted by atomic mass is 9.84. The Hall–Kier alpha value is -0.570. The zero-order valence-corrected chi connectivity index (χ0v) is 8.55. The van der Waals surface area contributed by atoms with E-state index in [-0.39, 0.29) is 17.9 Å². The van der Waals surface area contributed by atoms with Crippen LogP contribution in [0.3, 0.4) is 0 Å². The van der Waals surface area contributed by atoms with Gasteiger partial charge in [0, 0.05) is 12.0 Å². The molecule has 1 aliphatic carbocycles. The molecule has 0 saturated heterocycles. The van der Waals surface area contributed by atoms with Gasteiger partial charge in [0.2, 0.25) is 5.91 Å². The van der Waals surface area contributed by atoms with E-state index in [9.17, 15) is 4.79 Å². The van der Waals surface area contributed by atoms with Crippen LogP contribution in [0.15, 0.2) is 0 Å². The number of amides is 1. The van der Waals surface area contributed by atoms with E-state index in [0.29, 0.717) is 12.5 Å². The lowest BCUT2D eigenvalue weighted by Gasteiger charge is -2.28. The molecule has 0 spiro atoms. The van der Waals surface area contributed by atoms with Gasteiger partial charge >= 0.3 is 0 Å². The van der Waals surface area contributed by atoms with Crippen LogP contribution in [0.2, 0.25) is 0 Å². The minimum Gasteiger partial charge on any atom is -0.353 e. The van der Waals surface area contributed by atoms with Gasteiger partial charge in [-0.3, -0.25) is 4.79 Å². The van der Waals surface area contributed by atoms with Crippen LogP contribution in [-0.2, 0) is 4.79 Å². The van der Waals surface area contributed by atoms with E-state index in [1.807, 2.05) is 6.92 Å². The molecule has 76 valence electrons. The summed E-state index contributed by atoms with van der Waals surface area (Å²) < 4.78 is 0. The lowest BCUT2D eigenvalue weighted by molar-refractivity contribution is -0.128. The Bertz CT molecular complexity index is 178. The van der Waals surface area contributed by atoms with Crippen molar-refractivity contribution < 1.29 is 4.79 Å². The Morgan fingerprint density at radius 3 is 2.54 bits per heavy atom. The fourth-order valence-electron chi connectivity index (χ4n) is 1.36. The van der Waals surface area contributed by atoms with Crippen LogP contribution in [0.1, 0.15) is 33.1 Å². The van der Waals surface area contributed by atoms with E-state index < -0.39 is 0 Å². The van der Waals surface area contributed by atoms with Crippen molar-refractivity contribution in [2.75, 3.05) is 6.54 Å². The number of carbonyl (C=O) groups excluding carboxylic acids is 1. The summed E-state index contributed by atoms with van der Waals surface area (Å²) in [6.45, 7) is 4.71. The average molecular weight is 184 g/mol. The minimum atomic E-state index is 0.207. The summed E-state index contributed by atoms with van der Waals surface area (Å²) in [5.74, 6) is 0.871. The Labute approximate surface area is 80.1 Å². The van der Waals surface area contributed by atoms with Gasteiger partial charge in [-0.15, -0.1) is 0 Å². The highest BCUT2D eigenvalue weighted by molar-refractivity contribution is 5.79. The molecular weight excluding hydrogens is 164 g/mol. The van der Waals surface area contributed by atoms with Crippen LogP contribution < -0.4 is 11.1 Å². The highest BCUT2D eigenvalue weighted by atomic mass is 16.2. The van der Waals surface area contributed by atoms with Crippen molar-refractivity contribution in [2.45, 2.75) is 39.2 Å². The topological polar surface area (TPSA) is 55.1 Å². The molecule has 0 bridgehead atoms. The summed E-state index contributed by atoms with van der Waals surface area (Å²) in [4.78, 5) is 11.5. The number of nitrogens with two attached hydrogens (primary N) is 1. The highest BCUT2D eigenvalue weighted by Gasteiger charge is 2.26. The molecule has 2 atom stereocenters. The first-order valence-electron chi connectivity index (χ1n) is 5.15. The van der Waals surface area contributed by atoms with Crippen molar-refractivity contribution in [3.8, 4) is 0 Å². The van der Waals surface area contributed by atoms with Crippen molar-refractivity contribution in [2.24, 2.45) is 17.6 Å². The monoisotopic (exact) mass is 184 g/mol. The quantitative estimate of drug-likeness (QED) is 0.681. The number of nitrogens with one attached hydrogen (secondary N) is 1. The van der Waals surface area contributed by atoms with E-state index in [4.69, 9.17) is 5.73 Å². The van der Waals surface area contributed by atoms with Gasteiger partial charge in [-0.2, -0.15) is 0 Å². The number of hydrogen-bond donors (Lipinski definition) is 2. The fourth-order valence-corrected chi connectivity index (χ4v) is 1.36. The molecule has 3 nitrogen and oxygen atoms in total. The third kappa shape index (κ3) is 2.69. The molecule has 0 heterocycles.